The van der Waals surface area contributed by atoms with E-state index in [1.807, 2.05) is 0 Å². The van der Waals surface area contributed by atoms with Gasteiger partial charge < -0.3 is 10.6 Å². The van der Waals surface area contributed by atoms with Gasteiger partial charge in [0.2, 0.25) is 5.91 Å². The van der Waals surface area contributed by atoms with Crippen LogP contribution in [0.2, 0.25) is 0 Å². The predicted molar refractivity (Wildman–Crippen MR) is 118 cm³/mol. The lowest BCUT2D eigenvalue weighted by Gasteiger charge is -2.45. The summed E-state index contributed by atoms with van der Waals surface area (Å²) in [6, 6.07) is 6.83. The van der Waals surface area contributed by atoms with Crippen LogP contribution in [-0.4, -0.2) is 52.7 Å². The number of piperidine rings is 1. The molecule has 2 N–H and O–H groups in total. The van der Waals surface area contributed by atoms with E-state index in [-0.39, 0.29) is 30.1 Å². The monoisotopic (exact) mass is 433 g/mol. The largest absolute Gasteiger partial charge is 0.338 e. The van der Waals surface area contributed by atoms with Gasteiger partial charge in [0.15, 0.2) is 0 Å². The highest BCUT2D eigenvalue weighted by Crippen LogP contribution is 2.35. The highest BCUT2D eigenvalue weighted by atomic mass is 35.5. The molecule has 1 aromatic carbocycles. The van der Waals surface area contributed by atoms with Gasteiger partial charge in [0.05, 0.1) is 17.2 Å². The topological polar surface area (TPSA) is 83.7 Å². The SMILES string of the molecule is Cl.N[C@H](CCCCN1C(=O)c2ccccc2C1=O)C(=O)N1CCC[C@H]2CCCC[C@@H]21. The van der Waals surface area contributed by atoms with Crippen LogP contribution in [0.3, 0.4) is 0 Å². The lowest BCUT2D eigenvalue weighted by atomic mass is 9.78. The van der Waals surface area contributed by atoms with Gasteiger partial charge in [-0.15, -0.1) is 12.4 Å². The number of carbonyl (C=O) groups excluding carboxylic acids is 3. The van der Waals surface area contributed by atoms with Gasteiger partial charge in [-0.2, -0.15) is 0 Å². The first kappa shape index (κ1) is 22.8. The molecular weight excluding hydrogens is 402 g/mol. The summed E-state index contributed by atoms with van der Waals surface area (Å²) in [5, 5.41) is 0. The lowest BCUT2D eigenvalue weighted by Crippen LogP contribution is -2.54. The Hall–Kier alpha value is -1.92. The van der Waals surface area contributed by atoms with Crippen LogP contribution in [0.25, 0.3) is 0 Å². The van der Waals surface area contributed by atoms with Crippen molar-refractivity contribution in [1.82, 2.24) is 9.80 Å². The van der Waals surface area contributed by atoms with Crippen LogP contribution in [0.4, 0.5) is 0 Å². The number of hydrogen-bond acceptors (Lipinski definition) is 4. The maximum Gasteiger partial charge on any atom is 0.261 e. The molecule has 164 valence electrons. The summed E-state index contributed by atoms with van der Waals surface area (Å²) >= 11 is 0. The van der Waals surface area contributed by atoms with E-state index >= 15 is 0 Å². The molecule has 0 bridgehead atoms. The molecular formula is C23H32ClN3O3. The fourth-order valence-corrected chi connectivity index (χ4v) is 5.31. The molecule has 0 radical (unpaired) electrons. The van der Waals surface area contributed by atoms with Crippen LogP contribution >= 0.6 is 12.4 Å². The molecule has 0 spiro atoms. The number of rotatable bonds is 6. The van der Waals surface area contributed by atoms with E-state index in [4.69, 9.17) is 5.73 Å². The molecule has 3 atom stereocenters. The third-order valence-corrected chi connectivity index (χ3v) is 6.87. The summed E-state index contributed by atoms with van der Waals surface area (Å²) < 4.78 is 0. The second kappa shape index (κ2) is 9.92. The zero-order valence-electron chi connectivity index (χ0n) is 17.4. The van der Waals surface area contributed by atoms with Crippen molar-refractivity contribution >= 4 is 30.1 Å². The average molecular weight is 434 g/mol. The molecule has 1 saturated heterocycles. The summed E-state index contributed by atoms with van der Waals surface area (Å²) in [6.45, 7) is 1.21. The maximum atomic E-state index is 12.9. The number of unbranched alkanes of at least 4 members (excludes halogenated alkanes) is 1. The Morgan fingerprint density at radius 1 is 1.00 bits per heavy atom. The molecule has 30 heavy (non-hydrogen) atoms. The zero-order valence-corrected chi connectivity index (χ0v) is 18.2. The summed E-state index contributed by atoms with van der Waals surface area (Å²) in [6.07, 6.45) is 9.15. The van der Waals surface area contributed by atoms with Crippen molar-refractivity contribution in [2.45, 2.75) is 69.9 Å². The van der Waals surface area contributed by atoms with E-state index in [2.05, 4.69) is 4.90 Å². The van der Waals surface area contributed by atoms with E-state index in [9.17, 15) is 14.4 Å². The van der Waals surface area contributed by atoms with E-state index in [1.54, 1.807) is 24.3 Å². The number of likely N-dealkylation sites (tertiary alicyclic amines) is 1. The number of hydrogen-bond donors (Lipinski definition) is 1. The Morgan fingerprint density at radius 2 is 1.63 bits per heavy atom. The highest BCUT2D eigenvalue weighted by molar-refractivity contribution is 6.21. The minimum absolute atomic E-state index is 0. The van der Waals surface area contributed by atoms with Gasteiger partial charge in [-0.05, 0) is 63.0 Å². The van der Waals surface area contributed by atoms with Crippen LogP contribution < -0.4 is 5.73 Å². The number of fused-ring (bicyclic) bond motifs is 2. The number of amides is 3. The molecule has 4 rings (SSSR count). The number of benzene rings is 1. The molecule has 7 heteroatoms. The van der Waals surface area contributed by atoms with Crippen molar-refractivity contribution in [1.29, 1.82) is 0 Å². The van der Waals surface area contributed by atoms with Gasteiger partial charge >= 0.3 is 0 Å². The first-order valence-corrected chi connectivity index (χ1v) is 11.1. The average Bonchev–Trinajstić information content (AvgIpc) is 3.00. The van der Waals surface area contributed by atoms with Gasteiger partial charge in [-0.1, -0.05) is 25.0 Å². The van der Waals surface area contributed by atoms with Crippen LogP contribution in [0.15, 0.2) is 24.3 Å². The second-order valence-electron chi connectivity index (χ2n) is 8.70. The molecule has 2 heterocycles. The Bertz CT molecular complexity index is 763. The maximum absolute atomic E-state index is 12.9. The number of nitrogens with two attached hydrogens (primary N) is 1. The minimum Gasteiger partial charge on any atom is -0.338 e. The second-order valence-corrected chi connectivity index (χ2v) is 8.70. The Morgan fingerprint density at radius 3 is 2.33 bits per heavy atom. The lowest BCUT2D eigenvalue weighted by molar-refractivity contribution is -0.139. The fraction of sp³-hybridized carbons (Fsp3) is 0.609. The molecule has 1 saturated carbocycles. The number of imide groups is 1. The summed E-state index contributed by atoms with van der Waals surface area (Å²) in [5.74, 6) is 0.301. The van der Waals surface area contributed by atoms with Crippen molar-refractivity contribution in [3.05, 3.63) is 35.4 Å². The standard InChI is InChI=1S/C23H31N3O3.ClH/c24-19(23(29)25-15-7-9-16-8-1-4-13-20(16)25)12-5-6-14-26-21(27)17-10-2-3-11-18(17)22(26)28;/h2-3,10-11,16,19-20H,1,4-9,12-15,24H2;1H/t16-,19-,20+;/m1./s1. The minimum atomic E-state index is -0.488. The molecule has 1 aromatic rings. The Kier molecular flexibility index (Phi) is 7.53. The fourth-order valence-electron chi connectivity index (χ4n) is 5.31. The van der Waals surface area contributed by atoms with Crippen molar-refractivity contribution in [2.24, 2.45) is 11.7 Å². The van der Waals surface area contributed by atoms with Crippen LogP contribution in [0.5, 0.6) is 0 Å². The molecule has 6 nitrogen and oxygen atoms in total. The van der Waals surface area contributed by atoms with Gasteiger partial charge in [-0.3, -0.25) is 19.3 Å². The van der Waals surface area contributed by atoms with Gasteiger partial charge in [0.1, 0.15) is 0 Å². The quantitative estimate of drug-likeness (QED) is 0.550. The smallest absolute Gasteiger partial charge is 0.261 e. The molecule has 3 aliphatic rings. The van der Waals surface area contributed by atoms with E-state index in [0.717, 1.165) is 25.8 Å². The van der Waals surface area contributed by atoms with E-state index in [0.29, 0.717) is 42.5 Å². The van der Waals surface area contributed by atoms with Gasteiger partial charge in [-0.25, -0.2) is 0 Å². The first-order valence-electron chi connectivity index (χ1n) is 11.1. The summed E-state index contributed by atoms with van der Waals surface area (Å²) in [7, 11) is 0. The zero-order chi connectivity index (χ0) is 20.4. The predicted octanol–water partition coefficient (Wildman–Crippen LogP) is 3.38. The first-order chi connectivity index (χ1) is 14.1. The number of halogens is 1. The van der Waals surface area contributed by atoms with Gasteiger partial charge in [0.25, 0.3) is 11.8 Å². The van der Waals surface area contributed by atoms with Crippen LogP contribution in [0, 0.1) is 5.92 Å². The van der Waals surface area contributed by atoms with Crippen LogP contribution in [-0.2, 0) is 4.79 Å². The van der Waals surface area contributed by atoms with Crippen molar-refractivity contribution < 1.29 is 14.4 Å². The summed E-state index contributed by atoms with van der Waals surface area (Å²) in [4.78, 5) is 41.1. The van der Waals surface area contributed by atoms with Crippen molar-refractivity contribution in [2.75, 3.05) is 13.1 Å². The van der Waals surface area contributed by atoms with Gasteiger partial charge in [0, 0.05) is 19.1 Å². The Balaban J connectivity index is 0.00000256. The molecule has 3 amide bonds. The molecule has 1 aliphatic carbocycles. The molecule has 0 aromatic heterocycles. The van der Waals surface area contributed by atoms with Crippen molar-refractivity contribution in [3.63, 3.8) is 0 Å². The number of carbonyl (C=O) groups is 3. The van der Waals surface area contributed by atoms with E-state index in [1.165, 1.54) is 30.6 Å². The number of nitrogens with zero attached hydrogens (tertiary/aromatic N) is 2. The van der Waals surface area contributed by atoms with Crippen molar-refractivity contribution in [3.8, 4) is 0 Å². The highest BCUT2D eigenvalue weighted by Gasteiger charge is 2.37. The van der Waals surface area contributed by atoms with Crippen LogP contribution in [0.1, 0.15) is 78.5 Å². The third kappa shape index (κ3) is 4.40. The molecule has 2 aliphatic heterocycles. The Labute approximate surface area is 184 Å². The molecule has 0 unspecified atom stereocenters. The molecule has 2 fully saturated rings. The normalized spacial score (nSPS) is 24.2. The summed E-state index contributed by atoms with van der Waals surface area (Å²) in [5.41, 5.74) is 7.21. The van der Waals surface area contributed by atoms with E-state index < -0.39 is 6.04 Å². The third-order valence-electron chi connectivity index (χ3n) is 6.87.